The van der Waals surface area contributed by atoms with E-state index in [1.165, 1.54) is 12.1 Å². The standard InChI is InChI=1S/C21H14BrNO3S/c22-17-11-12-20-16(13-17)14-19(15-7-3-1-4-8-15)21(26-20)23-27(24,25)18-9-5-2-6-10-18/h1-14H/b23-21-. The van der Waals surface area contributed by atoms with Crippen LogP contribution < -0.4 is 5.55 Å². The summed E-state index contributed by atoms with van der Waals surface area (Å²) in [5.41, 5.74) is 2.05. The molecule has 0 atom stereocenters. The summed E-state index contributed by atoms with van der Waals surface area (Å²) in [6.07, 6.45) is 0. The highest BCUT2D eigenvalue weighted by Crippen LogP contribution is 2.24. The quantitative estimate of drug-likeness (QED) is 0.443. The third kappa shape index (κ3) is 3.72. The second-order valence-electron chi connectivity index (χ2n) is 5.89. The molecule has 1 heterocycles. The Hall–Kier alpha value is -2.70. The van der Waals surface area contributed by atoms with Crippen LogP contribution >= 0.6 is 15.9 Å². The summed E-state index contributed by atoms with van der Waals surface area (Å²) in [6.45, 7) is 0. The van der Waals surface area contributed by atoms with Crippen molar-refractivity contribution in [1.29, 1.82) is 0 Å². The van der Waals surface area contributed by atoms with Crippen molar-refractivity contribution in [1.82, 2.24) is 0 Å². The van der Waals surface area contributed by atoms with Gasteiger partial charge in [-0.05, 0) is 42.0 Å². The van der Waals surface area contributed by atoms with Crippen molar-refractivity contribution < 1.29 is 12.8 Å². The van der Waals surface area contributed by atoms with Crippen LogP contribution in [0.5, 0.6) is 0 Å². The lowest BCUT2D eigenvalue weighted by atomic mass is 10.1. The fourth-order valence-corrected chi connectivity index (χ4v) is 4.09. The molecule has 134 valence electrons. The average molecular weight is 440 g/mol. The molecule has 4 nitrogen and oxygen atoms in total. The van der Waals surface area contributed by atoms with E-state index in [0.717, 1.165) is 15.4 Å². The Balaban J connectivity index is 2.03. The maximum atomic E-state index is 12.7. The zero-order chi connectivity index (χ0) is 18.9. The molecule has 0 aliphatic heterocycles. The molecule has 27 heavy (non-hydrogen) atoms. The summed E-state index contributed by atoms with van der Waals surface area (Å²) in [6, 6.07) is 25.0. The fourth-order valence-electron chi connectivity index (χ4n) is 2.75. The van der Waals surface area contributed by atoms with Crippen LogP contribution in [0, 0.1) is 0 Å². The van der Waals surface area contributed by atoms with Crippen molar-refractivity contribution in [2.45, 2.75) is 4.90 Å². The molecule has 0 radical (unpaired) electrons. The van der Waals surface area contributed by atoms with Crippen LogP contribution in [0.2, 0.25) is 0 Å². The molecule has 0 saturated heterocycles. The number of halogens is 1. The Morgan fingerprint density at radius 2 is 1.48 bits per heavy atom. The number of sulfonamides is 1. The lowest BCUT2D eigenvalue weighted by Crippen LogP contribution is -2.10. The van der Waals surface area contributed by atoms with Gasteiger partial charge in [-0.1, -0.05) is 64.5 Å². The largest absolute Gasteiger partial charge is 0.437 e. The zero-order valence-electron chi connectivity index (χ0n) is 14.0. The minimum atomic E-state index is -3.90. The van der Waals surface area contributed by atoms with Crippen LogP contribution in [0.1, 0.15) is 0 Å². The summed E-state index contributed by atoms with van der Waals surface area (Å²) in [5, 5.41) is 0.847. The first-order chi connectivity index (χ1) is 13.0. The van der Waals surface area contributed by atoms with Crippen LogP contribution in [0.3, 0.4) is 0 Å². The third-order valence-corrected chi connectivity index (χ3v) is 5.80. The van der Waals surface area contributed by atoms with Gasteiger partial charge in [-0.15, -0.1) is 4.40 Å². The smallest absolute Gasteiger partial charge is 0.285 e. The van der Waals surface area contributed by atoms with E-state index < -0.39 is 10.0 Å². The molecule has 0 aliphatic carbocycles. The average Bonchev–Trinajstić information content (AvgIpc) is 2.69. The molecule has 3 aromatic carbocycles. The van der Waals surface area contributed by atoms with Gasteiger partial charge in [0.1, 0.15) is 5.58 Å². The van der Waals surface area contributed by atoms with Gasteiger partial charge in [-0.25, -0.2) is 0 Å². The molecule has 0 aliphatic rings. The minimum absolute atomic E-state index is 0.0554. The molecule has 0 unspecified atom stereocenters. The van der Waals surface area contributed by atoms with Crippen molar-refractivity contribution in [2.24, 2.45) is 4.40 Å². The second-order valence-corrected chi connectivity index (χ2v) is 8.41. The summed E-state index contributed by atoms with van der Waals surface area (Å²) in [7, 11) is -3.90. The molecule has 0 amide bonds. The van der Waals surface area contributed by atoms with E-state index in [0.29, 0.717) is 11.1 Å². The van der Waals surface area contributed by atoms with E-state index >= 15 is 0 Å². The fraction of sp³-hybridized carbons (Fsp3) is 0. The van der Waals surface area contributed by atoms with E-state index in [4.69, 9.17) is 4.42 Å². The highest BCUT2D eigenvalue weighted by atomic mass is 79.9. The Morgan fingerprint density at radius 1 is 0.815 bits per heavy atom. The van der Waals surface area contributed by atoms with Gasteiger partial charge < -0.3 is 4.42 Å². The van der Waals surface area contributed by atoms with Gasteiger partial charge in [0, 0.05) is 15.4 Å². The molecule has 0 spiro atoms. The normalized spacial score (nSPS) is 12.4. The van der Waals surface area contributed by atoms with Gasteiger partial charge in [0.15, 0.2) is 0 Å². The topological polar surface area (TPSA) is 59.6 Å². The molecule has 0 saturated carbocycles. The predicted octanol–water partition coefficient (Wildman–Crippen LogP) is 5.15. The van der Waals surface area contributed by atoms with Gasteiger partial charge in [0.25, 0.3) is 10.0 Å². The Morgan fingerprint density at radius 3 is 2.19 bits per heavy atom. The first-order valence-electron chi connectivity index (χ1n) is 8.18. The molecule has 4 aromatic rings. The molecule has 0 bridgehead atoms. The Labute approximate surface area is 165 Å². The van der Waals surface area contributed by atoms with Crippen LogP contribution in [0.25, 0.3) is 22.1 Å². The number of hydrogen-bond donors (Lipinski definition) is 0. The van der Waals surface area contributed by atoms with Gasteiger partial charge in [0.05, 0.1) is 4.90 Å². The van der Waals surface area contributed by atoms with Gasteiger partial charge in [0.2, 0.25) is 5.55 Å². The SMILES string of the molecule is O=S(=O)(/N=c1\oc2ccc(Br)cc2cc1-c1ccccc1)c1ccccc1. The number of nitrogens with zero attached hydrogens (tertiary/aromatic N) is 1. The maximum absolute atomic E-state index is 12.7. The van der Waals surface area contributed by atoms with Crippen molar-refractivity contribution >= 4 is 36.9 Å². The summed E-state index contributed by atoms with van der Waals surface area (Å²) in [5.74, 6) is 0. The molecule has 1 aromatic heterocycles. The lowest BCUT2D eigenvalue weighted by Gasteiger charge is -2.06. The van der Waals surface area contributed by atoms with Crippen molar-refractivity contribution in [2.75, 3.05) is 0 Å². The molecular weight excluding hydrogens is 426 g/mol. The van der Waals surface area contributed by atoms with E-state index in [1.807, 2.05) is 48.5 Å². The third-order valence-electron chi connectivity index (χ3n) is 4.04. The zero-order valence-corrected chi connectivity index (χ0v) is 16.4. The Bertz CT molecular complexity index is 1280. The number of fused-ring (bicyclic) bond motifs is 1. The molecule has 0 N–H and O–H groups in total. The van der Waals surface area contributed by atoms with Crippen molar-refractivity contribution in [3.05, 3.63) is 95.0 Å². The first-order valence-corrected chi connectivity index (χ1v) is 10.4. The molecule has 0 fully saturated rings. The van der Waals surface area contributed by atoms with E-state index in [9.17, 15) is 8.42 Å². The second kappa shape index (κ2) is 7.13. The van der Waals surface area contributed by atoms with Crippen molar-refractivity contribution in [3.63, 3.8) is 0 Å². The highest BCUT2D eigenvalue weighted by Gasteiger charge is 2.15. The maximum Gasteiger partial charge on any atom is 0.285 e. The molecular formula is C21H14BrNO3S. The monoisotopic (exact) mass is 439 g/mol. The molecule has 4 rings (SSSR count). The summed E-state index contributed by atoms with van der Waals surface area (Å²) in [4.78, 5) is 0.120. The van der Waals surface area contributed by atoms with Crippen LogP contribution in [0.4, 0.5) is 0 Å². The number of hydrogen-bond acceptors (Lipinski definition) is 3. The van der Waals surface area contributed by atoms with Gasteiger partial charge in [-0.3, -0.25) is 0 Å². The number of benzene rings is 3. The van der Waals surface area contributed by atoms with E-state index in [2.05, 4.69) is 20.3 Å². The lowest BCUT2D eigenvalue weighted by molar-refractivity contribution is 0.543. The predicted molar refractivity (Wildman–Crippen MR) is 109 cm³/mol. The van der Waals surface area contributed by atoms with Crippen LogP contribution in [-0.4, -0.2) is 8.42 Å². The Kier molecular flexibility index (Phi) is 4.68. The number of rotatable bonds is 3. The van der Waals surface area contributed by atoms with Gasteiger partial charge >= 0.3 is 0 Å². The van der Waals surface area contributed by atoms with E-state index in [1.54, 1.807) is 24.3 Å². The first kappa shape index (κ1) is 17.7. The minimum Gasteiger partial charge on any atom is -0.437 e. The van der Waals surface area contributed by atoms with Crippen molar-refractivity contribution in [3.8, 4) is 11.1 Å². The highest BCUT2D eigenvalue weighted by molar-refractivity contribution is 9.10. The van der Waals surface area contributed by atoms with Crippen LogP contribution in [0.15, 0.2) is 103 Å². The molecule has 6 heteroatoms. The van der Waals surface area contributed by atoms with Gasteiger partial charge in [-0.2, -0.15) is 8.42 Å². The summed E-state index contributed by atoms with van der Waals surface area (Å²) < 4.78 is 36.3. The van der Waals surface area contributed by atoms with E-state index in [-0.39, 0.29) is 10.4 Å². The summed E-state index contributed by atoms with van der Waals surface area (Å²) >= 11 is 3.45. The van der Waals surface area contributed by atoms with Crippen LogP contribution in [-0.2, 0) is 10.0 Å².